The Kier molecular flexibility index (Phi) is 5.64. The Morgan fingerprint density at radius 2 is 1.61 bits per heavy atom. The van der Waals surface area contributed by atoms with Crippen molar-refractivity contribution >= 4 is 11.9 Å². The molecule has 1 fully saturated rings. The fraction of sp³-hybridized carbons (Fsp3) is 0.556. The molecule has 1 saturated heterocycles. The van der Waals surface area contributed by atoms with Crippen LogP contribution < -0.4 is 5.32 Å². The molecule has 1 aliphatic heterocycles. The summed E-state index contributed by atoms with van der Waals surface area (Å²) in [5.41, 5.74) is 0.990. The standard InChI is InChI=1S/C18H27N3O2/c1-4-19-17(23)21-12-10-20(11-13-21)16(22)14-18(2,3)15-8-6-5-7-9-15/h5-9H,4,10-14H2,1-3H3,(H,19,23). The molecule has 126 valence electrons. The first-order valence-corrected chi connectivity index (χ1v) is 8.30. The Labute approximate surface area is 138 Å². The van der Waals surface area contributed by atoms with E-state index >= 15 is 0 Å². The monoisotopic (exact) mass is 317 g/mol. The molecule has 1 N–H and O–H groups in total. The summed E-state index contributed by atoms with van der Waals surface area (Å²) in [6, 6.07) is 10.1. The highest BCUT2D eigenvalue weighted by Crippen LogP contribution is 2.27. The van der Waals surface area contributed by atoms with Gasteiger partial charge in [0.05, 0.1) is 0 Å². The van der Waals surface area contributed by atoms with E-state index in [0.29, 0.717) is 39.1 Å². The molecule has 2 rings (SSSR count). The van der Waals surface area contributed by atoms with Crippen LogP contribution in [0.15, 0.2) is 30.3 Å². The molecule has 0 aliphatic carbocycles. The second-order valence-corrected chi connectivity index (χ2v) is 6.63. The third-order valence-electron chi connectivity index (χ3n) is 4.40. The van der Waals surface area contributed by atoms with Gasteiger partial charge >= 0.3 is 6.03 Å². The fourth-order valence-electron chi connectivity index (χ4n) is 2.90. The minimum absolute atomic E-state index is 0.0378. The van der Waals surface area contributed by atoms with E-state index in [0.717, 1.165) is 0 Å². The van der Waals surface area contributed by atoms with Gasteiger partial charge < -0.3 is 15.1 Å². The lowest BCUT2D eigenvalue weighted by Crippen LogP contribution is -2.53. The Morgan fingerprint density at radius 1 is 1.04 bits per heavy atom. The van der Waals surface area contributed by atoms with Gasteiger partial charge in [0.1, 0.15) is 0 Å². The van der Waals surface area contributed by atoms with Crippen molar-refractivity contribution in [1.82, 2.24) is 15.1 Å². The van der Waals surface area contributed by atoms with Gasteiger partial charge in [-0.1, -0.05) is 44.2 Å². The van der Waals surface area contributed by atoms with E-state index in [1.165, 1.54) is 5.56 Å². The Morgan fingerprint density at radius 3 is 2.17 bits per heavy atom. The molecule has 1 aromatic rings. The van der Waals surface area contributed by atoms with E-state index in [4.69, 9.17) is 0 Å². The van der Waals surface area contributed by atoms with Crippen LogP contribution in [0.5, 0.6) is 0 Å². The Balaban J connectivity index is 1.89. The molecule has 0 unspecified atom stereocenters. The number of piperazine rings is 1. The van der Waals surface area contributed by atoms with Crippen LogP contribution in [0.3, 0.4) is 0 Å². The normalized spacial score (nSPS) is 15.4. The molecule has 0 aromatic heterocycles. The van der Waals surface area contributed by atoms with Crippen LogP contribution in [-0.4, -0.2) is 54.5 Å². The molecule has 5 heteroatoms. The minimum Gasteiger partial charge on any atom is -0.339 e. The topological polar surface area (TPSA) is 52.7 Å². The lowest BCUT2D eigenvalue weighted by Gasteiger charge is -2.36. The lowest BCUT2D eigenvalue weighted by atomic mass is 9.81. The molecule has 3 amide bonds. The minimum atomic E-state index is -0.185. The number of carbonyl (C=O) groups excluding carboxylic acids is 2. The highest BCUT2D eigenvalue weighted by molar-refractivity contribution is 5.79. The number of rotatable bonds is 4. The molecular weight excluding hydrogens is 290 g/mol. The first kappa shape index (κ1) is 17.3. The van der Waals surface area contributed by atoms with Gasteiger partial charge in [0.15, 0.2) is 0 Å². The summed E-state index contributed by atoms with van der Waals surface area (Å²) >= 11 is 0. The molecule has 1 aliphatic rings. The molecule has 1 heterocycles. The second kappa shape index (κ2) is 7.49. The van der Waals surface area contributed by atoms with Crippen molar-refractivity contribution in [3.05, 3.63) is 35.9 Å². The fourth-order valence-corrected chi connectivity index (χ4v) is 2.90. The van der Waals surface area contributed by atoms with Gasteiger partial charge in [0.2, 0.25) is 5.91 Å². The zero-order valence-corrected chi connectivity index (χ0v) is 14.3. The van der Waals surface area contributed by atoms with Crippen LogP contribution in [-0.2, 0) is 10.2 Å². The number of hydrogen-bond acceptors (Lipinski definition) is 2. The molecule has 0 radical (unpaired) electrons. The number of nitrogens with one attached hydrogen (secondary N) is 1. The van der Waals surface area contributed by atoms with Gasteiger partial charge in [0, 0.05) is 39.1 Å². The van der Waals surface area contributed by atoms with Gasteiger partial charge in [-0.25, -0.2) is 4.79 Å². The average Bonchev–Trinajstić information content (AvgIpc) is 2.55. The lowest BCUT2D eigenvalue weighted by molar-refractivity contribution is -0.133. The quantitative estimate of drug-likeness (QED) is 0.926. The van der Waals surface area contributed by atoms with Crippen molar-refractivity contribution in [3.8, 4) is 0 Å². The van der Waals surface area contributed by atoms with Crippen molar-refractivity contribution in [1.29, 1.82) is 0 Å². The van der Waals surface area contributed by atoms with Gasteiger partial charge in [-0.15, -0.1) is 0 Å². The number of carbonyl (C=O) groups is 2. The van der Waals surface area contributed by atoms with E-state index < -0.39 is 0 Å². The van der Waals surface area contributed by atoms with E-state index in [2.05, 4.69) is 31.3 Å². The van der Waals surface area contributed by atoms with E-state index in [1.54, 1.807) is 4.90 Å². The van der Waals surface area contributed by atoms with E-state index in [-0.39, 0.29) is 17.4 Å². The molecule has 1 aromatic carbocycles. The first-order valence-electron chi connectivity index (χ1n) is 8.30. The maximum atomic E-state index is 12.6. The van der Waals surface area contributed by atoms with Crippen molar-refractivity contribution < 1.29 is 9.59 Å². The van der Waals surface area contributed by atoms with Gasteiger partial charge in [-0.05, 0) is 17.9 Å². The molecule has 0 bridgehead atoms. The highest BCUT2D eigenvalue weighted by atomic mass is 16.2. The summed E-state index contributed by atoms with van der Waals surface area (Å²) in [7, 11) is 0. The van der Waals surface area contributed by atoms with Gasteiger partial charge in [0.25, 0.3) is 0 Å². The third kappa shape index (κ3) is 4.47. The van der Waals surface area contributed by atoms with Crippen LogP contribution in [0, 0.1) is 0 Å². The Hall–Kier alpha value is -2.04. The van der Waals surface area contributed by atoms with Gasteiger partial charge in [-0.2, -0.15) is 0 Å². The Bertz CT molecular complexity index is 534. The van der Waals surface area contributed by atoms with E-state index in [1.807, 2.05) is 30.0 Å². The molecule has 23 heavy (non-hydrogen) atoms. The van der Waals surface area contributed by atoms with Gasteiger partial charge in [-0.3, -0.25) is 4.79 Å². The van der Waals surface area contributed by atoms with Crippen LogP contribution in [0.25, 0.3) is 0 Å². The summed E-state index contributed by atoms with van der Waals surface area (Å²) in [4.78, 5) is 28.0. The highest BCUT2D eigenvalue weighted by Gasteiger charge is 2.29. The first-order chi connectivity index (χ1) is 10.9. The molecular formula is C18H27N3O2. The van der Waals surface area contributed by atoms with Crippen LogP contribution in [0.4, 0.5) is 4.79 Å². The summed E-state index contributed by atoms with van der Waals surface area (Å²) in [6.07, 6.45) is 0.484. The smallest absolute Gasteiger partial charge is 0.317 e. The predicted molar refractivity (Wildman–Crippen MR) is 91.3 cm³/mol. The maximum absolute atomic E-state index is 12.6. The van der Waals surface area contributed by atoms with E-state index in [9.17, 15) is 9.59 Å². The number of amides is 3. The predicted octanol–water partition coefficient (Wildman–Crippen LogP) is 2.23. The molecule has 0 saturated carbocycles. The third-order valence-corrected chi connectivity index (χ3v) is 4.40. The number of nitrogens with zero attached hydrogens (tertiary/aromatic N) is 2. The summed E-state index contributed by atoms with van der Waals surface area (Å²) < 4.78 is 0. The van der Waals surface area contributed by atoms with Crippen LogP contribution >= 0.6 is 0 Å². The number of hydrogen-bond donors (Lipinski definition) is 1. The SMILES string of the molecule is CCNC(=O)N1CCN(C(=O)CC(C)(C)c2ccccc2)CC1. The van der Waals surface area contributed by atoms with Crippen LogP contribution in [0.2, 0.25) is 0 Å². The number of benzene rings is 1. The summed E-state index contributed by atoms with van der Waals surface area (Å²) in [6.45, 7) is 9.16. The number of urea groups is 1. The molecule has 5 nitrogen and oxygen atoms in total. The molecule has 0 spiro atoms. The summed E-state index contributed by atoms with van der Waals surface area (Å²) in [5, 5.41) is 2.80. The zero-order valence-electron chi connectivity index (χ0n) is 14.3. The van der Waals surface area contributed by atoms with Crippen molar-refractivity contribution in [2.24, 2.45) is 0 Å². The van der Waals surface area contributed by atoms with Crippen LogP contribution in [0.1, 0.15) is 32.8 Å². The molecule has 0 atom stereocenters. The maximum Gasteiger partial charge on any atom is 0.317 e. The zero-order chi connectivity index (χ0) is 16.9. The van der Waals surface area contributed by atoms with Crippen molar-refractivity contribution in [2.45, 2.75) is 32.6 Å². The summed E-state index contributed by atoms with van der Waals surface area (Å²) in [5.74, 6) is 0.161. The van der Waals surface area contributed by atoms with Crippen molar-refractivity contribution in [2.75, 3.05) is 32.7 Å². The largest absolute Gasteiger partial charge is 0.339 e. The average molecular weight is 317 g/mol. The second-order valence-electron chi connectivity index (χ2n) is 6.63. The van der Waals surface area contributed by atoms with Crippen molar-refractivity contribution in [3.63, 3.8) is 0 Å².